The van der Waals surface area contributed by atoms with Crippen molar-refractivity contribution in [2.24, 2.45) is 0 Å². The highest BCUT2D eigenvalue weighted by Gasteiger charge is 2.11. The fourth-order valence-electron chi connectivity index (χ4n) is 2.23. The quantitative estimate of drug-likeness (QED) is 0.582. The number of amides is 1. The van der Waals surface area contributed by atoms with Crippen molar-refractivity contribution in [3.05, 3.63) is 59.6 Å². The fraction of sp³-hybridized carbons (Fsp3) is 0.111. The van der Waals surface area contributed by atoms with Crippen LogP contribution in [0.15, 0.2) is 59.6 Å². The van der Waals surface area contributed by atoms with Gasteiger partial charge in [0.1, 0.15) is 5.75 Å². The van der Waals surface area contributed by atoms with Crippen LogP contribution in [0.3, 0.4) is 0 Å². The molecule has 0 aliphatic rings. The molecule has 0 fully saturated rings. The molecule has 0 spiro atoms. The van der Waals surface area contributed by atoms with E-state index >= 15 is 0 Å². The molecule has 8 heteroatoms. The van der Waals surface area contributed by atoms with E-state index in [-0.39, 0.29) is 22.4 Å². The van der Waals surface area contributed by atoms with Crippen molar-refractivity contribution in [2.45, 2.75) is 11.6 Å². The summed E-state index contributed by atoms with van der Waals surface area (Å²) in [5, 5.41) is 4.41. The molecule has 0 saturated carbocycles. The van der Waals surface area contributed by atoms with E-state index in [0.29, 0.717) is 5.69 Å². The number of pyridine rings is 1. The van der Waals surface area contributed by atoms with Crippen LogP contribution in [-0.2, 0) is 4.79 Å². The van der Waals surface area contributed by atoms with E-state index in [4.69, 9.17) is 11.6 Å². The van der Waals surface area contributed by atoms with Gasteiger partial charge in [-0.3, -0.25) is 4.79 Å². The molecule has 0 saturated heterocycles. The lowest BCUT2D eigenvalue weighted by Gasteiger charge is -2.09. The molecule has 26 heavy (non-hydrogen) atoms. The molecule has 1 amide bonds. The van der Waals surface area contributed by atoms with Gasteiger partial charge in [0.2, 0.25) is 5.91 Å². The number of nitrogens with zero attached hydrogens (tertiary/aromatic N) is 1. The molecule has 1 heterocycles. The number of alkyl halides is 2. The van der Waals surface area contributed by atoms with Crippen LogP contribution in [0.1, 0.15) is 0 Å². The van der Waals surface area contributed by atoms with Crippen LogP contribution < -0.4 is 10.1 Å². The number of hydrogen-bond donors (Lipinski definition) is 1. The number of thioether (sulfide) groups is 1. The normalized spacial score (nSPS) is 10.9. The molecule has 3 rings (SSSR count). The van der Waals surface area contributed by atoms with Gasteiger partial charge in [0, 0.05) is 11.1 Å². The van der Waals surface area contributed by atoms with Crippen LogP contribution in [0.25, 0.3) is 10.9 Å². The van der Waals surface area contributed by atoms with Gasteiger partial charge in [0.25, 0.3) is 0 Å². The number of para-hydroxylation sites is 1. The Morgan fingerprint density at radius 3 is 2.77 bits per heavy atom. The Balaban J connectivity index is 1.59. The SMILES string of the molecule is O=C(CSc1ccc2ccccc2n1)Nc1ccc(OC(F)F)c(Cl)c1. The molecule has 1 N–H and O–H groups in total. The first-order chi connectivity index (χ1) is 12.5. The second-order valence-electron chi connectivity index (χ2n) is 5.20. The van der Waals surface area contributed by atoms with Crippen LogP contribution in [0.4, 0.5) is 14.5 Å². The Hall–Kier alpha value is -2.38. The first-order valence-electron chi connectivity index (χ1n) is 7.54. The average Bonchev–Trinajstić information content (AvgIpc) is 2.62. The highest BCUT2D eigenvalue weighted by molar-refractivity contribution is 7.99. The minimum Gasteiger partial charge on any atom is -0.433 e. The maximum atomic E-state index is 12.2. The van der Waals surface area contributed by atoms with Gasteiger partial charge in [-0.15, -0.1) is 0 Å². The first kappa shape index (κ1) is 18.4. The number of carbonyl (C=O) groups excluding carboxylic acids is 1. The van der Waals surface area contributed by atoms with Gasteiger partial charge in [-0.1, -0.05) is 47.6 Å². The topological polar surface area (TPSA) is 51.2 Å². The van der Waals surface area contributed by atoms with Crippen molar-refractivity contribution in [1.29, 1.82) is 0 Å². The molecule has 4 nitrogen and oxygen atoms in total. The van der Waals surface area contributed by atoms with Crippen molar-refractivity contribution < 1.29 is 18.3 Å². The number of anilines is 1. The monoisotopic (exact) mass is 394 g/mol. The van der Waals surface area contributed by atoms with Gasteiger partial charge in [0.05, 0.1) is 21.3 Å². The van der Waals surface area contributed by atoms with Gasteiger partial charge in [-0.25, -0.2) is 4.98 Å². The van der Waals surface area contributed by atoms with Crippen LogP contribution >= 0.6 is 23.4 Å². The van der Waals surface area contributed by atoms with Crippen LogP contribution in [-0.4, -0.2) is 23.3 Å². The molecule has 0 bridgehead atoms. The maximum absolute atomic E-state index is 12.2. The summed E-state index contributed by atoms with van der Waals surface area (Å²) in [5.74, 6) is -0.254. The number of carbonyl (C=O) groups is 1. The number of aromatic nitrogens is 1. The lowest BCUT2D eigenvalue weighted by molar-refractivity contribution is -0.113. The standard InChI is InChI=1S/C18H13ClF2N2O2S/c19-13-9-12(6-7-15(13)25-18(20)21)22-16(24)10-26-17-8-5-11-3-1-2-4-14(11)23-17/h1-9,18H,10H2,(H,22,24). The predicted molar refractivity (Wildman–Crippen MR) is 99.2 cm³/mol. The van der Waals surface area contributed by atoms with E-state index in [1.807, 2.05) is 36.4 Å². The number of hydrogen-bond acceptors (Lipinski definition) is 4. The van der Waals surface area contributed by atoms with Gasteiger partial charge in [-0.05, 0) is 30.3 Å². The highest BCUT2D eigenvalue weighted by Crippen LogP contribution is 2.29. The lowest BCUT2D eigenvalue weighted by atomic mass is 10.2. The van der Waals surface area contributed by atoms with E-state index in [1.165, 1.54) is 30.0 Å². The largest absolute Gasteiger partial charge is 0.433 e. The Morgan fingerprint density at radius 2 is 2.00 bits per heavy atom. The third-order valence-electron chi connectivity index (χ3n) is 3.36. The smallest absolute Gasteiger partial charge is 0.387 e. The summed E-state index contributed by atoms with van der Waals surface area (Å²) >= 11 is 7.16. The third kappa shape index (κ3) is 4.83. The molecule has 2 aromatic carbocycles. The summed E-state index contributed by atoms with van der Waals surface area (Å²) in [7, 11) is 0. The number of halogens is 3. The average molecular weight is 395 g/mol. The highest BCUT2D eigenvalue weighted by atomic mass is 35.5. The summed E-state index contributed by atoms with van der Waals surface area (Å²) in [4.78, 5) is 16.6. The van der Waals surface area contributed by atoms with E-state index in [1.54, 1.807) is 0 Å². The van der Waals surface area contributed by atoms with E-state index in [9.17, 15) is 13.6 Å². The Bertz CT molecular complexity index is 940. The molecule has 0 radical (unpaired) electrons. The zero-order valence-electron chi connectivity index (χ0n) is 13.3. The number of benzene rings is 2. The molecular formula is C18H13ClF2N2O2S. The summed E-state index contributed by atoms with van der Waals surface area (Å²) in [5.41, 5.74) is 1.26. The van der Waals surface area contributed by atoms with Gasteiger partial charge in [-0.2, -0.15) is 8.78 Å². The number of fused-ring (bicyclic) bond motifs is 1. The summed E-state index contributed by atoms with van der Waals surface area (Å²) in [6.07, 6.45) is 0. The van der Waals surface area contributed by atoms with Crippen molar-refractivity contribution in [2.75, 3.05) is 11.1 Å². The van der Waals surface area contributed by atoms with Gasteiger partial charge < -0.3 is 10.1 Å². The van der Waals surface area contributed by atoms with E-state index in [2.05, 4.69) is 15.0 Å². The number of ether oxygens (including phenoxy) is 1. The fourth-order valence-corrected chi connectivity index (χ4v) is 3.14. The number of nitrogens with one attached hydrogen (secondary N) is 1. The number of rotatable bonds is 6. The van der Waals surface area contributed by atoms with Gasteiger partial charge in [0.15, 0.2) is 0 Å². The maximum Gasteiger partial charge on any atom is 0.387 e. The Labute approximate surface area is 157 Å². The van der Waals surface area contributed by atoms with Crippen molar-refractivity contribution in [1.82, 2.24) is 4.98 Å². The molecule has 0 unspecified atom stereocenters. The van der Waals surface area contributed by atoms with Crippen LogP contribution in [0.5, 0.6) is 5.75 Å². The van der Waals surface area contributed by atoms with E-state index in [0.717, 1.165) is 15.9 Å². The molecule has 0 atom stereocenters. The summed E-state index contributed by atoms with van der Waals surface area (Å²) < 4.78 is 28.7. The summed E-state index contributed by atoms with van der Waals surface area (Å²) in [6, 6.07) is 15.6. The molecule has 1 aromatic heterocycles. The minimum absolute atomic E-state index is 0.00745. The predicted octanol–water partition coefficient (Wildman–Crippen LogP) is 5.22. The lowest BCUT2D eigenvalue weighted by Crippen LogP contribution is -2.14. The Morgan fingerprint density at radius 1 is 1.19 bits per heavy atom. The molecular weight excluding hydrogens is 382 g/mol. The van der Waals surface area contributed by atoms with Crippen LogP contribution in [0.2, 0.25) is 5.02 Å². The van der Waals surface area contributed by atoms with Gasteiger partial charge >= 0.3 is 6.61 Å². The second kappa shape index (κ2) is 8.33. The van der Waals surface area contributed by atoms with Crippen molar-refractivity contribution >= 4 is 45.9 Å². The molecule has 0 aliphatic heterocycles. The van der Waals surface area contributed by atoms with E-state index < -0.39 is 6.61 Å². The zero-order chi connectivity index (χ0) is 18.5. The van der Waals surface area contributed by atoms with Crippen molar-refractivity contribution in [3.8, 4) is 5.75 Å². The molecule has 0 aliphatic carbocycles. The third-order valence-corrected chi connectivity index (χ3v) is 4.58. The Kier molecular flexibility index (Phi) is 5.90. The first-order valence-corrected chi connectivity index (χ1v) is 8.90. The summed E-state index contributed by atoms with van der Waals surface area (Å²) in [6.45, 7) is -2.96. The molecule has 3 aromatic rings. The molecule has 134 valence electrons. The van der Waals surface area contributed by atoms with Crippen molar-refractivity contribution in [3.63, 3.8) is 0 Å². The second-order valence-corrected chi connectivity index (χ2v) is 6.61. The minimum atomic E-state index is -2.96. The van der Waals surface area contributed by atoms with Crippen LogP contribution in [0, 0.1) is 0 Å². The zero-order valence-corrected chi connectivity index (χ0v) is 14.9.